The van der Waals surface area contributed by atoms with Crippen molar-refractivity contribution in [3.05, 3.63) is 47.8 Å². The molecule has 0 unspecified atom stereocenters. The number of urea groups is 1. The number of amides is 2. The number of nitrogens with one attached hydrogen (secondary N) is 2. The molecule has 8 nitrogen and oxygen atoms in total. The number of anilines is 1. The van der Waals surface area contributed by atoms with Crippen LogP contribution in [0.3, 0.4) is 0 Å². The number of hydrogen-bond acceptors (Lipinski definition) is 5. The molecule has 2 aromatic heterocycles. The number of pyridine rings is 1. The average molecular weight is 369 g/mol. The first-order valence-corrected chi connectivity index (χ1v) is 8.61. The number of rotatable bonds is 7. The number of fused-ring (bicyclic) bond motifs is 1. The van der Waals surface area contributed by atoms with Gasteiger partial charge >= 0.3 is 6.03 Å². The Hall–Kier alpha value is -3.13. The second kappa shape index (κ2) is 8.50. The zero-order chi connectivity index (χ0) is 19.2. The first-order valence-electron chi connectivity index (χ1n) is 8.61. The molecule has 3 aromatic rings. The van der Waals surface area contributed by atoms with Crippen molar-refractivity contribution in [1.82, 2.24) is 20.1 Å². The fourth-order valence-electron chi connectivity index (χ4n) is 2.68. The number of hydrogen-bond donors (Lipinski definition) is 2. The minimum atomic E-state index is -0.293. The van der Waals surface area contributed by atoms with E-state index in [4.69, 9.17) is 9.47 Å². The smallest absolute Gasteiger partial charge is 0.319 e. The second-order valence-electron chi connectivity index (χ2n) is 6.10. The van der Waals surface area contributed by atoms with Crippen molar-refractivity contribution in [1.29, 1.82) is 0 Å². The first kappa shape index (κ1) is 18.7. The van der Waals surface area contributed by atoms with E-state index in [1.54, 1.807) is 18.0 Å². The van der Waals surface area contributed by atoms with Crippen molar-refractivity contribution < 1.29 is 14.3 Å². The van der Waals surface area contributed by atoms with Crippen LogP contribution in [0.15, 0.2) is 36.5 Å². The van der Waals surface area contributed by atoms with Crippen LogP contribution >= 0.6 is 0 Å². The molecule has 8 heteroatoms. The molecule has 0 aliphatic heterocycles. The zero-order valence-electron chi connectivity index (χ0n) is 15.7. The van der Waals surface area contributed by atoms with E-state index in [1.165, 1.54) is 0 Å². The van der Waals surface area contributed by atoms with Gasteiger partial charge in [-0.3, -0.25) is 4.68 Å². The maximum absolute atomic E-state index is 12.1. The van der Waals surface area contributed by atoms with Gasteiger partial charge in [0.1, 0.15) is 12.4 Å². The Morgan fingerprint density at radius 3 is 2.74 bits per heavy atom. The highest BCUT2D eigenvalue weighted by Gasteiger charge is 2.09. The minimum Gasteiger partial charge on any atom is -0.491 e. The predicted octanol–water partition coefficient (Wildman–Crippen LogP) is 2.62. The largest absolute Gasteiger partial charge is 0.491 e. The molecule has 2 amide bonds. The van der Waals surface area contributed by atoms with E-state index in [9.17, 15) is 4.79 Å². The van der Waals surface area contributed by atoms with Crippen molar-refractivity contribution in [2.75, 3.05) is 25.6 Å². The van der Waals surface area contributed by atoms with E-state index in [1.807, 2.05) is 44.3 Å². The molecule has 0 aliphatic rings. The highest BCUT2D eigenvalue weighted by Crippen LogP contribution is 2.19. The molecule has 0 radical (unpaired) electrons. The molecule has 0 spiro atoms. The normalized spacial score (nSPS) is 10.8. The summed E-state index contributed by atoms with van der Waals surface area (Å²) in [6.45, 7) is 3.37. The number of nitrogens with zero attached hydrogens (tertiary/aromatic N) is 3. The van der Waals surface area contributed by atoms with Gasteiger partial charge in [-0.15, -0.1) is 0 Å². The van der Waals surface area contributed by atoms with Gasteiger partial charge in [-0.2, -0.15) is 5.10 Å². The van der Waals surface area contributed by atoms with Crippen LogP contribution in [0.1, 0.15) is 11.3 Å². The van der Waals surface area contributed by atoms with Gasteiger partial charge in [-0.25, -0.2) is 9.78 Å². The summed E-state index contributed by atoms with van der Waals surface area (Å²) in [7, 11) is 3.48. The first-order chi connectivity index (χ1) is 13.1. The van der Waals surface area contributed by atoms with Crippen molar-refractivity contribution in [3.63, 3.8) is 0 Å². The lowest BCUT2D eigenvalue weighted by molar-refractivity contribution is 0.146. The summed E-state index contributed by atoms with van der Waals surface area (Å²) < 4.78 is 12.2. The summed E-state index contributed by atoms with van der Waals surface area (Å²) in [5, 5.41) is 10.9. The SMILES string of the molecule is COCCOc1ccc(CNC(=O)Nc2cnc3c(c2)c(C)nn3C)cc1. The number of aryl methyl sites for hydroxylation is 2. The molecular formula is C19H23N5O3. The molecule has 3 rings (SSSR count). The van der Waals surface area contributed by atoms with E-state index >= 15 is 0 Å². The molecule has 0 saturated heterocycles. The van der Waals surface area contributed by atoms with E-state index < -0.39 is 0 Å². The molecule has 1 aromatic carbocycles. The minimum absolute atomic E-state index is 0.293. The Balaban J connectivity index is 1.53. The van der Waals surface area contributed by atoms with Crippen molar-refractivity contribution in [3.8, 4) is 5.75 Å². The Bertz CT molecular complexity index is 921. The summed E-state index contributed by atoms with van der Waals surface area (Å²) in [5.41, 5.74) is 3.25. The van der Waals surface area contributed by atoms with Gasteiger partial charge in [0, 0.05) is 26.1 Å². The predicted molar refractivity (Wildman–Crippen MR) is 103 cm³/mol. The lowest BCUT2D eigenvalue weighted by atomic mass is 10.2. The van der Waals surface area contributed by atoms with Crippen LogP contribution in [0, 0.1) is 6.92 Å². The quantitative estimate of drug-likeness (QED) is 0.625. The number of aromatic nitrogens is 3. The topological polar surface area (TPSA) is 90.3 Å². The summed E-state index contributed by atoms with van der Waals surface area (Å²) in [4.78, 5) is 16.5. The van der Waals surface area contributed by atoms with Gasteiger partial charge < -0.3 is 20.1 Å². The fraction of sp³-hybridized carbons (Fsp3) is 0.316. The van der Waals surface area contributed by atoms with Gasteiger partial charge in [0.2, 0.25) is 0 Å². The third kappa shape index (κ3) is 4.73. The Morgan fingerprint density at radius 1 is 1.22 bits per heavy atom. The lowest BCUT2D eigenvalue weighted by Crippen LogP contribution is -2.28. The van der Waals surface area contributed by atoms with Gasteiger partial charge in [-0.1, -0.05) is 12.1 Å². The van der Waals surface area contributed by atoms with E-state index in [2.05, 4.69) is 20.7 Å². The average Bonchev–Trinajstić information content (AvgIpc) is 2.95. The van der Waals surface area contributed by atoms with Crippen LogP contribution in [0.2, 0.25) is 0 Å². The monoisotopic (exact) mass is 369 g/mol. The molecule has 0 aliphatic carbocycles. The molecule has 2 heterocycles. The molecule has 0 fully saturated rings. The summed E-state index contributed by atoms with van der Waals surface area (Å²) >= 11 is 0. The number of benzene rings is 1. The van der Waals surface area contributed by atoms with Crippen LogP contribution < -0.4 is 15.4 Å². The third-order valence-electron chi connectivity index (χ3n) is 4.05. The molecule has 0 saturated carbocycles. The summed E-state index contributed by atoms with van der Waals surface area (Å²) in [6, 6.07) is 9.14. The van der Waals surface area contributed by atoms with Gasteiger partial charge in [0.25, 0.3) is 0 Å². The molecule has 2 N–H and O–H groups in total. The van der Waals surface area contributed by atoms with Crippen LogP contribution in [-0.2, 0) is 18.3 Å². The van der Waals surface area contributed by atoms with Crippen LogP contribution in [0.25, 0.3) is 11.0 Å². The molecular weight excluding hydrogens is 346 g/mol. The Labute approximate surface area is 157 Å². The maximum atomic E-state index is 12.1. The molecule has 0 atom stereocenters. The number of carbonyl (C=O) groups is 1. The molecule has 0 bridgehead atoms. The van der Waals surface area contributed by atoms with Crippen LogP contribution in [0.5, 0.6) is 5.75 Å². The molecule has 142 valence electrons. The summed E-state index contributed by atoms with van der Waals surface area (Å²) in [5.74, 6) is 0.770. The zero-order valence-corrected chi connectivity index (χ0v) is 15.7. The number of ether oxygens (including phenoxy) is 2. The van der Waals surface area contributed by atoms with Crippen molar-refractivity contribution in [2.24, 2.45) is 7.05 Å². The van der Waals surface area contributed by atoms with Crippen LogP contribution in [0.4, 0.5) is 10.5 Å². The van der Waals surface area contributed by atoms with Gasteiger partial charge in [-0.05, 0) is 30.7 Å². The van der Waals surface area contributed by atoms with Crippen molar-refractivity contribution >= 4 is 22.8 Å². The standard InChI is InChI=1S/C19H23N5O3/c1-13-17-10-15(12-20-18(17)24(2)23-13)22-19(25)21-11-14-4-6-16(7-5-14)27-9-8-26-3/h4-7,10,12H,8-9,11H2,1-3H3,(H2,21,22,25). The molecule has 27 heavy (non-hydrogen) atoms. The van der Waals surface area contributed by atoms with E-state index in [0.29, 0.717) is 25.4 Å². The van der Waals surface area contributed by atoms with Crippen molar-refractivity contribution in [2.45, 2.75) is 13.5 Å². The fourth-order valence-corrected chi connectivity index (χ4v) is 2.68. The lowest BCUT2D eigenvalue weighted by Gasteiger charge is -2.09. The van der Waals surface area contributed by atoms with Gasteiger partial charge in [0.05, 0.1) is 24.2 Å². The number of methoxy groups -OCH3 is 1. The second-order valence-corrected chi connectivity index (χ2v) is 6.10. The van der Waals surface area contributed by atoms with E-state index in [-0.39, 0.29) is 6.03 Å². The highest BCUT2D eigenvalue weighted by molar-refractivity contribution is 5.92. The summed E-state index contributed by atoms with van der Waals surface area (Å²) in [6.07, 6.45) is 1.62. The Kier molecular flexibility index (Phi) is 5.87. The van der Waals surface area contributed by atoms with E-state index in [0.717, 1.165) is 28.0 Å². The Morgan fingerprint density at radius 2 is 2.00 bits per heavy atom. The van der Waals surface area contributed by atoms with Gasteiger partial charge in [0.15, 0.2) is 5.65 Å². The maximum Gasteiger partial charge on any atom is 0.319 e. The third-order valence-corrected chi connectivity index (χ3v) is 4.05. The van der Waals surface area contributed by atoms with Crippen LogP contribution in [-0.4, -0.2) is 41.1 Å². The highest BCUT2D eigenvalue weighted by atomic mass is 16.5. The number of carbonyl (C=O) groups excluding carboxylic acids is 1.